The van der Waals surface area contributed by atoms with Gasteiger partial charge in [-0.15, -0.1) is 0 Å². The molecular weight excluding hydrogens is 236 g/mol. The Morgan fingerprint density at radius 3 is 2.21 bits per heavy atom. The van der Waals surface area contributed by atoms with Crippen LogP contribution in [0.1, 0.15) is 36.1 Å². The second-order valence-electron chi connectivity index (χ2n) is 6.05. The lowest BCUT2D eigenvalue weighted by molar-refractivity contribution is -0.122. The minimum atomic E-state index is 0.134. The van der Waals surface area contributed by atoms with Crippen LogP contribution in [0.15, 0.2) is 12.1 Å². The van der Waals surface area contributed by atoms with Gasteiger partial charge in [-0.05, 0) is 42.0 Å². The van der Waals surface area contributed by atoms with Gasteiger partial charge >= 0.3 is 0 Å². The van der Waals surface area contributed by atoms with Crippen LogP contribution < -0.4 is 5.32 Å². The summed E-state index contributed by atoms with van der Waals surface area (Å²) >= 11 is 0. The van der Waals surface area contributed by atoms with Gasteiger partial charge in [0.15, 0.2) is 0 Å². The van der Waals surface area contributed by atoms with Gasteiger partial charge in [0.05, 0.1) is 6.54 Å². The number of hydrogen-bond acceptors (Lipinski definition) is 2. The van der Waals surface area contributed by atoms with Crippen LogP contribution in [0.3, 0.4) is 0 Å². The maximum atomic E-state index is 11.8. The highest BCUT2D eigenvalue weighted by Crippen LogP contribution is 2.25. The van der Waals surface area contributed by atoms with E-state index in [9.17, 15) is 4.79 Å². The van der Waals surface area contributed by atoms with Crippen LogP contribution in [0.25, 0.3) is 0 Å². The number of amides is 1. The average Bonchev–Trinajstić information content (AvgIpc) is 2.68. The third-order valence-electron chi connectivity index (χ3n) is 3.68. The van der Waals surface area contributed by atoms with E-state index < -0.39 is 0 Å². The van der Waals surface area contributed by atoms with Gasteiger partial charge in [-0.2, -0.15) is 0 Å². The highest BCUT2D eigenvalue weighted by molar-refractivity contribution is 5.78. The lowest BCUT2D eigenvalue weighted by Gasteiger charge is -2.15. The zero-order valence-corrected chi connectivity index (χ0v) is 12.4. The number of aryl methyl sites for hydroxylation is 2. The molecular formula is C16H24N2O. The Bertz CT molecular complexity index is 449. The minimum absolute atomic E-state index is 0.134. The summed E-state index contributed by atoms with van der Waals surface area (Å²) in [6.45, 7) is 11.6. The molecule has 0 radical (unpaired) electrons. The van der Waals surface area contributed by atoms with Crippen LogP contribution >= 0.6 is 0 Å². The zero-order valence-electron chi connectivity index (χ0n) is 12.4. The van der Waals surface area contributed by atoms with Crippen molar-refractivity contribution in [1.82, 2.24) is 10.2 Å². The number of rotatable bonds is 4. The molecule has 3 heteroatoms. The molecule has 1 N–H and O–H groups in total. The third-order valence-corrected chi connectivity index (χ3v) is 3.68. The summed E-state index contributed by atoms with van der Waals surface area (Å²) in [5.41, 5.74) is 5.43. The van der Waals surface area contributed by atoms with Crippen molar-refractivity contribution in [3.05, 3.63) is 34.4 Å². The van der Waals surface area contributed by atoms with Gasteiger partial charge in [0.1, 0.15) is 0 Å². The fourth-order valence-corrected chi connectivity index (χ4v) is 2.46. The van der Waals surface area contributed by atoms with Crippen LogP contribution in [0.5, 0.6) is 0 Å². The molecule has 0 aliphatic carbocycles. The molecule has 0 saturated heterocycles. The van der Waals surface area contributed by atoms with Gasteiger partial charge in [-0.25, -0.2) is 0 Å². The summed E-state index contributed by atoms with van der Waals surface area (Å²) in [6, 6.07) is 4.52. The van der Waals surface area contributed by atoms with E-state index in [0.717, 1.165) is 19.6 Å². The number of fused-ring (bicyclic) bond motifs is 1. The lowest BCUT2D eigenvalue weighted by atomic mass is 10.0. The summed E-state index contributed by atoms with van der Waals surface area (Å²) in [6.07, 6.45) is 0. The van der Waals surface area contributed by atoms with Gasteiger partial charge in [0, 0.05) is 19.6 Å². The van der Waals surface area contributed by atoms with Gasteiger partial charge in [-0.1, -0.05) is 26.0 Å². The summed E-state index contributed by atoms with van der Waals surface area (Å²) in [7, 11) is 0. The minimum Gasteiger partial charge on any atom is -0.355 e. The highest BCUT2D eigenvalue weighted by Gasteiger charge is 2.21. The lowest BCUT2D eigenvalue weighted by Crippen LogP contribution is -2.36. The number of carbonyl (C=O) groups is 1. The Kier molecular flexibility index (Phi) is 4.25. The Morgan fingerprint density at radius 1 is 1.21 bits per heavy atom. The SMILES string of the molecule is Cc1cc2c(cc1C)CN(CC(=O)NCC(C)C)C2. The van der Waals surface area contributed by atoms with Gasteiger partial charge < -0.3 is 5.32 Å². The third kappa shape index (κ3) is 3.57. The van der Waals surface area contributed by atoms with Crippen LogP contribution in [0.2, 0.25) is 0 Å². The number of carbonyl (C=O) groups excluding carboxylic acids is 1. The van der Waals surface area contributed by atoms with Crippen molar-refractivity contribution in [2.45, 2.75) is 40.8 Å². The van der Waals surface area contributed by atoms with Crippen molar-refractivity contribution in [3.8, 4) is 0 Å². The van der Waals surface area contributed by atoms with Crippen LogP contribution in [-0.4, -0.2) is 23.9 Å². The first-order valence-electron chi connectivity index (χ1n) is 7.03. The van der Waals surface area contributed by atoms with E-state index in [1.54, 1.807) is 0 Å². The largest absolute Gasteiger partial charge is 0.355 e. The fourth-order valence-electron chi connectivity index (χ4n) is 2.46. The van der Waals surface area contributed by atoms with Crippen LogP contribution in [-0.2, 0) is 17.9 Å². The van der Waals surface area contributed by atoms with Crippen molar-refractivity contribution in [1.29, 1.82) is 0 Å². The van der Waals surface area contributed by atoms with Gasteiger partial charge in [0.25, 0.3) is 0 Å². The van der Waals surface area contributed by atoms with Crippen molar-refractivity contribution in [3.63, 3.8) is 0 Å². The van der Waals surface area contributed by atoms with E-state index in [4.69, 9.17) is 0 Å². The van der Waals surface area contributed by atoms with Crippen molar-refractivity contribution >= 4 is 5.91 Å². The maximum absolute atomic E-state index is 11.8. The van der Waals surface area contributed by atoms with E-state index in [1.165, 1.54) is 22.3 Å². The molecule has 1 aromatic carbocycles. The second kappa shape index (κ2) is 5.74. The number of nitrogens with one attached hydrogen (secondary N) is 1. The number of benzene rings is 1. The zero-order chi connectivity index (χ0) is 14.0. The molecule has 0 spiro atoms. The summed E-state index contributed by atoms with van der Waals surface area (Å²) in [5, 5.41) is 2.98. The predicted octanol–water partition coefficient (Wildman–Crippen LogP) is 2.39. The summed E-state index contributed by atoms with van der Waals surface area (Å²) in [4.78, 5) is 14.0. The smallest absolute Gasteiger partial charge is 0.234 e. The van der Waals surface area contributed by atoms with Gasteiger partial charge in [-0.3, -0.25) is 9.69 Å². The Balaban J connectivity index is 1.91. The molecule has 19 heavy (non-hydrogen) atoms. The molecule has 3 nitrogen and oxygen atoms in total. The molecule has 0 fully saturated rings. The first kappa shape index (κ1) is 14.1. The molecule has 0 bridgehead atoms. The van der Waals surface area contributed by atoms with Crippen molar-refractivity contribution < 1.29 is 4.79 Å². The first-order valence-corrected chi connectivity index (χ1v) is 7.03. The molecule has 2 rings (SSSR count). The molecule has 1 heterocycles. The van der Waals surface area contributed by atoms with E-state index >= 15 is 0 Å². The molecule has 0 aromatic heterocycles. The quantitative estimate of drug-likeness (QED) is 0.901. The summed E-state index contributed by atoms with van der Waals surface area (Å²) in [5.74, 6) is 0.639. The number of hydrogen-bond donors (Lipinski definition) is 1. The predicted molar refractivity (Wildman–Crippen MR) is 77.9 cm³/mol. The van der Waals surface area contributed by atoms with Gasteiger partial charge in [0.2, 0.25) is 5.91 Å². The van der Waals surface area contributed by atoms with Crippen LogP contribution in [0, 0.1) is 19.8 Å². The monoisotopic (exact) mass is 260 g/mol. The standard InChI is InChI=1S/C16H24N2O/c1-11(2)7-17-16(19)10-18-8-14-5-12(3)13(4)6-15(14)9-18/h5-6,11H,7-10H2,1-4H3,(H,17,19). The topological polar surface area (TPSA) is 32.3 Å². The fraction of sp³-hybridized carbons (Fsp3) is 0.562. The molecule has 1 aliphatic heterocycles. The maximum Gasteiger partial charge on any atom is 0.234 e. The first-order chi connectivity index (χ1) is 8.95. The molecule has 1 aliphatic rings. The molecule has 104 valence electrons. The van der Waals surface area contributed by atoms with E-state index in [2.05, 4.69) is 50.0 Å². The normalized spacial score (nSPS) is 14.8. The molecule has 1 amide bonds. The van der Waals surface area contributed by atoms with E-state index in [-0.39, 0.29) is 5.91 Å². The van der Waals surface area contributed by atoms with Crippen LogP contribution in [0.4, 0.5) is 0 Å². The van der Waals surface area contributed by atoms with E-state index in [1.807, 2.05) is 0 Å². The van der Waals surface area contributed by atoms with Crippen molar-refractivity contribution in [2.75, 3.05) is 13.1 Å². The second-order valence-corrected chi connectivity index (χ2v) is 6.05. The molecule has 1 aromatic rings. The number of nitrogens with zero attached hydrogens (tertiary/aromatic N) is 1. The Labute approximate surface area is 116 Å². The van der Waals surface area contributed by atoms with E-state index in [0.29, 0.717) is 12.5 Å². The molecule has 0 saturated carbocycles. The Morgan fingerprint density at radius 2 is 1.74 bits per heavy atom. The van der Waals surface area contributed by atoms with Crippen molar-refractivity contribution in [2.24, 2.45) is 5.92 Å². The average molecular weight is 260 g/mol. The molecule has 0 unspecified atom stereocenters. The Hall–Kier alpha value is -1.35. The highest BCUT2D eigenvalue weighted by atomic mass is 16.2. The molecule has 0 atom stereocenters. The summed E-state index contributed by atoms with van der Waals surface area (Å²) < 4.78 is 0.